The number of carboxylic acids is 1. The molecule has 0 bridgehead atoms. The van der Waals surface area contributed by atoms with Crippen LogP contribution in [-0.2, 0) is 0 Å². The first kappa shape index (κ1) is 23.3. The average molecular weight is 428 g/mol. The van der Waals surface area contributed by atoms with Gasteiger partial charge in [-0.05, 0) is 61.3 Å². The van der Waals surface area contributed by atoms with E-state index in [1.54, 1.807) is 30.3 Å². The Morgan fingerprint density at radius 3 is 2.14 bits per heavy atom. The molecule has 0 heterocycles. The van der Waals surface area contributed by atoms with Crippen molar-refractivity contribution in [2.24, 2.45) is 5.92 Å². The molecule has 1 fully saturated rings. The number of halogens is 4. The van der Waals surface area contributed by atoms with Gasteiger partial charge in [-0.2, -0.15) is 8.78 Å². The Kier molecular flexibility index (Phi) is 9.01. The Balaban J connectivity index is 0.000000278. The van der Waals surface area contributed by atoms with Gasteiger partial charge in [-0.3, -0.25) is 0 Å². The van der Waals surface area contributed by atoms with Crippen molar-refractivity contribution >= 4 is 17.7 Å². The number of benzene rings is 2. The summed E-state index contributed by atoms with van der Waals surface area (Å²) in [5.41, 5.74) is 0.674. The van der Waals surface area contributed by atoms with Crippen LogP contribution in [0.5, 0.6) is 0 Å². The van der Waals surface area contributed by atoms with Crippen LogP contribution in [0.1, 0.15) is 60.9 Å². The van der Waals surface area contributed by atoms with Gasteiger partial charge < -0.3 is 5.11 Å². The van der Waals surface area contributed by atoms with Crippen LogP contribution in [0.25, 0.3) is 0 Å². The molecule has 158 valence electrons. The summed E-state index contributed by atoms with van der Waals surface area (Å²) in [6.45, 7) is 2.14. The van der Waals surface area contributed by atoms with Gasteiger partial charge in [0.15, 0.2) is 11.6 Å². The second-order valence-electron chi connectivity index (χ2n) is 6.96. The van der Waals surface area contributed by atoms with Crippen molar-refractivity contribution in [1.82, 2.24) is 0 Å². The van der Waals surface area contributed by atoms with E-state index in [9.17, 15) is 22.4 Å². The van der Waals surface area contributed by atoms with Crippen LogP contribution >= 0.6 is 11.8 Å². The highest BCUT2D eigenvalue weighted by Gasteiger charge is 2.26. The summed E-state index contributed by atoms with van der Waals surface area (Å²) in [6, 6.07) is 11.0. The summed E-state index contributed by atoms with van der Waals surface area (Å²) in [5, 5.41) is 8.38. The largest absolute Gasteiger partial charge is 0.478 e. The van der Waals surface area contributed by atoms with Crippen LogP contribution in [-0.4, -0.2) is 16.8 Å². The maximum absolute atomic E-state index is 14.0. The number of hydrogen-bond donors (Lipinski definition) is 1. The molecule has 0 saturated heterocycles. The van der Waals surface area contributed by atoms with Gasteiger partial charge in [-0.15, -0.1) is 0 Å². The zero-order chi connectivity index (χ0) is 21.4. The molecule has 1 aliphatic rings. The second kappa shape index (κ2) is 11.2. The van der Waals surface area contributed by atoms with Crippen LogP contribution in [0.4, 0.5) is 17.6 Å². The average Bonchev–Trinajstić information content (AvgIpc) is 2.72. The first-order valence-electron chi connectivity index (χ1n) is 9.54. The summed E-state index contributed by atoms with van der Waals surface area (Å²) in [7, 11) is 0. The second-order valence-corrected chi connectivity index (χ2v) is 7.99. The number of thioether (sulfide) groups is 1. The van der Waals surface area contributed by atoms with E-state index in [-0.39, 0.29) is 22.6 Å². The van der Waals surface area contributed by atoms with Crippen molar-refractivity contribution in [3.8, 4) is 0 Å². The van der Waals surface area contributed by atoms with Crippen LogP contribution in [0.15, 0.2) is 47.4 Å². The lowest BCUT2D eigenvalue weighted by molar-refractivity contribution is 0.0697. The summed E-state index contributed by atoms with van der Waals surface area (Å²) in [6.07, 6.45) is 4.85. The van der Waals surface area contributed by atoms with E-state index in [1.165, 1.54) is 12.1 Å². The number of alkyl halides is 2. The van der Waals surface area contributed by atoms with Gasteiger partial charge in [0.2, 0.25) is 0 Å². The smallest absolute Gasteiger partial charge is 0.335 e. The Morgan fingerprint density at radius 1 is 1.03 bits per heavy atom. The highest BCUT2D eigenvalue weighted by molar-refractivity contribution is 7.99. The number of hydrogen-bond acceptors (Lipinski definition) is 2. The molecule has 0 spiro atoms. The van der Waals surface area contributed by atoms with Crippen molar-refractivity contribution < 1.29 is 27.5 Å². The molecule has 0 atom stereocenters. The lowest BCUT2D eigenvalue weighted by Gasteiger charge is -2.28. The van der Waals surface area contributed by atoms with Crippen molar-refractivity contribution in [2.75, 3.05) is 0 Å². The first-order valence-corrected chi connectivity index (χ1v) is 10.4. The molecule has 0 aromatic heterocycles. The van der Waals surface area contributed by atoms with E-state index in [2.05, 4.69) is 6.92 Å². The molecule has 1 saturated carbocycles. The van der Waals surface area contributed by atoms with Gasteiger partial charge in [-0.25, -0.2) is 13.6 Å². The third-order valence-corrected chi connectivity index (χ3v) is 5.92. The molecule has 2 aromatic carbocycles. The minimum absolute atomic E-state index is 0.0119. The highest BCUT2D eigenvalue weighted by atomic mass is 32.2. The summed E-state index contributed by atoms with van der Waals surface area (Å²) in [5.74, 6) is -5.02. The van der Waals surface area contributed by atoms with Crippen LogP contribution in [0.3, 0.4) is 0 Å². The molecule has 3 rings (SSSR count). The Bertz CT molecular complexity index is 791. The quantitative estimate of drug-likeness (QED) is 0.400. The molecule has 2 aromatic rings. The number of rotatable bonds is 5. The standard InChI is InChI=1S/C15H18F4S.C7H6O2/c1-2-9-3-5-10(6-4-9)11-7-8-12(20-15(18)19)14(17)13(11)16;8-7(9)6-4-2-1-3-5-6/h7-10,15H,2-6H2,1H3;1-5H,(H,8,9). The molecular weight excluding hydrogens is 404 g/mol. The molecular formula is C22H24F4O2S. The zero-order valence-electron chi connectivity index (χ0n) is 16.1. The summed E-state index contributed by atoms with van der Waals surface area (Å²) in [4.78, 5) is 9.88. The topological polar surface area (TPSA) is 37.3 Å². The van der Waals surface area contributed by atoms with Crippen LogP contribution in [0, 0.1) is 17.6 Å². The SMILES string of the molecule is CCC1CCC(c2ccc(SC(F)F)c(F)c2F)CC1.O=C(O)c1ccccc1. The summed E-state index contributed by atoms with van der Waals surface area (Å²) >= 11 is 0.0503. The number of aromatic carboxylic acids is 1. The van der Waals surface area contributed by atoms with Crippen molar-refractivity contribution in [1.29, 1.82) is 0 Å². The predicted molar refractivity (Wildman–Crippen MR) is 107 cm³/mol. The van der Waals surface area contributed by atoms with Crippen LogP contribution in [0.2, 0.25) is 0 Å². The molecule has 0 radical (unpaired) electrons. The first-order chi connectivity index (χ1) is 13.8. The van der Waals surface area contributed by atoms with E-state index < -0.39 is 23.4 Å². The van der Waals surface area contributed by atoms with E-state index in [1.807, 2.05) is 0 Å². The van der Waals surface area contributed by atoms with E-state index in [0.717, 1.165) is 32.1 Å². The lowest BCUT2D eigenvalue weighted by Crippen LogP contribution is -2.14. The van der Waals surface area contributed by atoms with Crippen LogP contribution < -0.4 is 0 Å². The highest BCUT2D eigenvalue weighted by Crippen LogP contribution is 2.40. The Labute approximate surface area is 172 Å². The zero-order valence-corrected chi connectivity index (χ0v) is 16.9. The van der Waals surface area contributed by atoms with Gasteiger partial charge in [0.25, 0.3) is 5.76 Å². The fraction of sp³-hybridized carbons (Fsp3) is 0.409. The van der Waals surface area contributed by atoms with E-state index in [4.69, 9.17) is 5.11 Å². The molecule has 1 N–H and O–H groups in total. The third kappa shape index (κ3) is 6.77. The van der Waals surface area contributed by atoms with E-state index >= 15 is 0 Å². The van der Waals surface area contributed by atoms with Gasteiger partial charge >= 0.3 is 5.97 Å². The lowest BCUT2D eigenvalue weighted by atomic mass is 9.77. The Hall–Kier alpha value is -2.02. The predicted octanol–water partition coefficient (Wildman–Crippen LogP) is 7.35. The molecule has 7 heteroatoms. The van der Waals surface area contributed by atoms with Crippen molar-refractivity contribution in [2.45, 2.75) is 55.6 Å². The number of carboxylic acid groups (broad SMARTS) is 1. The van der Waals surface area contributed by atoms with Gasteiger partial charge in [0, 0.05) is 0 Å². The summed E-state index contributed by atoms with van der Waals surface area (Å²) < 4.78 is 52.3. The normalized spacial score (nSPS) is 18.8. The third-order valence-electron chi connectivity index (χ3n) is 5.18. The van der Waals surface area contributed by atoms with Gasteiger partial charge in [-0.1, -0.05) is 49.4 Å². The van der Waals surface area contributed by atoms with Gasteiger partial charge in [0.05, 0.1) is 10.5 Å². The molecule has 0 aliphatic heterocycles. The van der Waals surface area contributed by atoms with Crippen molar-refractivity contribution in [3.05, 3.63) is 65.2 Å². The molecule has 0 amide bonds. The minimum Gasteiger partial charge on any atom is -0.478 e. The van der Waals surface area contributed by atoms with Gasteiger partial charge in [0.1, 0.15) is 0 Å². The maximum atomic E-state index is 14.0. The molecule has 2 nitrogen and oxygen atoms in total. The monoisotopic (exact) mass is 428 g/mol. The van der Waals surface area contributed by atoms with Crippen molar-refractivity contribution in [3.63, 3.8) is 0 Å². The van der Waals surface area contributed by atoms with E-state index in [0.29, 0.717) is 17.0 Å². The fourth-order valence-corrected chi connectivity index (χ4v) is 4.04. The Morgan fingerprint density at radius 2 is 1.66 bits per heavy atom. The molecule has 29 heavy (non-hydrogen) atoms. The fourth-order valence-electron chi connectivity index (χ4n) is 3.51. The maximum Gasteiger partial charge on any atom is 0.335 e. The number of carbonyl (C=O) groups is 1. The molecule has 0 unspecified atom stereocenters. The molecule has 1 aliphatic carbocycles. The minimum atomic E-state index is -2.74.